The molecule has 3 aromatic rings. The van der Waals surface area contributed by atoms with Gasteiger partial charge in [-0.2, -0.15) is 13.2 Å². The molecule has 0 spiro atoms. The van der Waals surface area contributed by atoms with E-state index in [0.717, 1.165) is 6.07 Å². The standard InChI is InChI=1S/C18H15F3N2O2/c1-25-15-5-3-2-4-11(15)10-17(24)23-14-7-6-13(22)8-12(14)9-16(23)18(19,20)21/h2-9H,10,22H2,1H3. The fourth-order valence-electron chi connectivity index (χ4n) is 2.80. The summed E-state index contributed by atoms with van der Waals surface area (Å²) in [6, 6.07) is 12.0. The van der Waals surface area contributed by atoms with Gasteiger partial charge < -0.3 is 10.5 Å². The highest BCUT2D eigenvalue weighted by molar-refractivity contribution is 5.96. The maximum atomic E-state index is 13.4. The third kappa shape index (κ3) is 3.17. The van der Waals surface area contributed by atoms with Gasteiger partial charge in [0.25, 0.3) is 0 Å². The highest BCUT2D eigenvalue weighted by Crippen LogP contribution is 2.35. The summed E-state index contributed by atoms with van der Waals surface area (Å²) in [6.45, 7) is 0. The van der Waals surface area contributed by atoms with E-state index in [-0.39, 0.29) is 17.3 Å². The molecule has 4 nitrogen and oxygen atoms in total. The minimum atomic E-state index is -4.66. The Hall–Kier alpha value is -2.96. The summed E-state index contributed by atoms with van der Waals surface area (Å²) in [5.74, 6) is -0.248. The number of hydrogen-bond acceptors (Lipinski definition) is 3. The van der Waals surface area contributed by atoms with Crippen molar-refractivity contribution >= 4 is 22.5 Å². The summed E-state index contributed by atoms with van der Waals surface area (Å²) in [5, 5.41) is 0.265. The van der Waals surface area contributed by atoms with Crippen LogP contribution in [0.3, 0.4) is 0 Å². The van der Waals surface area contributed by atoms with Crippen molar-refractivity contribution in [1.29, 1.82) is 0 Å². The first-order valence-corrected chi connectivity index (χ1v) is 7.44. The van der Waals surface area contributed by atoms with Crippen LogP contribution in [-0.4, -0.2) is 17.6 Å². The van der Waals surface area contributed by atoms with Crippen LogP contribution in [0.1, 0.15) is 16.1 Å². The predicted octanol–water partition coefficient (Wildman–Crippen LogP) is 4.13. The highest BCUT2D eigenvalue weighted by atomic mass is 19.4. The van der Waals surface area contributed by atoms with E-state index in [1.165, 1.54) is 25.3 Å². The fourth-order valence-corrected chi connectivity index (χ4v) is 2.80. The van der Waals surface area contributed by atoms with E-state index in [9.17, 15) is 18.0 Å². The maximum absolute atomic E-state index is 13.4. The Labute approximate surface area is 141 Å². The normalized spacial score (nSPS) is 11.7. The quantitative estimate of drug-likeness (QED) is 0.724. The van der Waals surface area contributed by atoms with Crippen molar-refractivity contribution in [2.75, 3.05) is 12.8 Å². The van der Waals surface area contributed by atoms with Crippen LogP contribution in [-0.2, 0) is 12.6 Å². The number of rotatable bonds is 3. The summed E-state index contributed by atoms with van der Waals surface area (Å²) in [7, 11) is 1.44. The summed E-state index contributed by atoms with van der Waals surface area (Å²) >= 11 is 0. The first-order valence-electron chi connectivity index (χ1n) is 7.44. The summed E-state index contributed by atoms with van der Waals surface area (Å²) in [4.78, 5) is 12.7. The van der Waals surface area contributed by atoms with Crippen LogP contribution < -0.4 is 10.5 Å². The molecular formula is C18H15F3N2O2. The molecule has 0 unspecified atom stereocenters. The molecule has 2 aromatic carbocycles. The molecule has 0 fully saturated rings. The van der Waals surface area contributed by atoms with Crippen LogP contribution in [0.2, 0.25) is 0 Å². The van der Waals surface area contributed by atoms with Crippen LogP contribution >= 0.6 is 0 Å². The number of anilines is 1. The molecule has 0 amide bonds. The van der Waals surface area contributed by atoms with Crippen LogP contribution in [0.15, 0.2) is 48.5 Å². The number of hydrogen-bond donors (Lipinski definition) is 1. The van der Waals surface area contributed by atoms with Gasteiger partial charge in [0.2, 0.25) is 5.91 Å². The number of carbonyl (C=O) groups is 1. The van der Waals surface area contributed by atoms with Gasteiger partial charge in [-0.15, -0.1) is 0 Å². The zero-order chi connectivity index (χ0) is 18.2. The molecule has 0 aliphatic heterocycles. The molecule has 25 heavy (non-hydrogen) atoms. The zero-order valence-electron chi connectivity index (χ0n) is 13.3. The first-order chi connectivity index (χ1) is 11.8. The lowest BCUT2D eigenvalue weighted by molar-refractivity contribution is -0.142. The Balaban J connectivity index is 2.11. The monoisotopic (exact) mass is 348 g/mol. The number of nitrogen functional groups attached to an aromatic ring is 1. The molecule has 0 atom stereocenters. The Morgan fingerprint density at radius 3 is 2.56 bits per heavy atom. The van der Waals surface area contributed by atoms with Crippen molar-refractivity contribution in [2.45, 2.75) is 12.6 Å². The molecule has 2 N–H and O–H groups in total. The predicted molar refractivity (Wildman–Crippen MR) is 88.7 cm³/mol. The molecule has 0 bridgehead atoms. The average molecular weight is 348 g/mol. The Morgan fingerprint density at radius 2 is 1.88 bits per heavy atom. The lowest BCUT2D eigenvalue weighted by atomic mass is 10.1. The van der Waals surface area contributed by atoms with Gasteiger partial charge in [-0.05, 0) is 30.3 Å². The third-order valence-corrected chi connectivity index (χ3v) is 3.90. The van der Waals surface area contributed by atoms with Crippen molar-refractivity contribution in [3.8, 4) is 5.75 Å². The van der Waals surface area contributed by atoms with Gasteiger partial charge in [-0.1, -0.05) is 18.2 Å². The highest BCUT2D eigenvalue weighted by Gasteiger charge is 2.37. The number of para-hydroxylation sites is 1. The van der Waals surface area contributed by atoms with E-state index in [2.05, 4.69) is 0 Å². The molecule has 7 heteroatoms. The zero-order valence-corrected chi connectivity index (χ0v) is 13.3. The van der Waals surface area contributed by atoms with Gasteiger partial charge in [0.1, 0.15) is 11.4 Å². The summed E-state index contributed by atoms with van der Waals surface area (Å²) < 4.78 is 46.1. The molecular weight excluding hydrogens is 333 g/mol. The number of ether oxygens (including phenoxy) is 1. The molecule has 0 radical (unpaired) electrons. The van der Waals surface area contributed by atoms with E-state index >= 15 is 0 Å². The first kappa shape index (κ1) is 16.9. The maximum Gasteiger partial charge on any atom is 0.431 e. The second-order valence-corrected chi connectivity index (χ2v) is 5.56. The van der Waals surface area contributed by atoms with Gasteiger partial charge in [-0.3, -0.25) is 9.36 Å². The van der Waals surface area contributed by atoms with Gasteiger partial charge in [0, 0.05) is 16.6 Å². The lowest BCUT2D eigenvalue weighted by Gasteiger charge is -2.13. The fraction of sp³-hybridized carbons (Fsp3) is 0.167. The largest absolute Gasteiger partial charge is 0.496 e. The Kier molecular flexibility index (Phi) is 4.16. The Morgan fingerprint density at radius 1 is 1.16 bits per heavy atom. The summed E-state index contributed by atoms with van der Waals surface area (Å²) in [6.07, 6.45) is -4.88. The number of nitrogens with zero attached hydrogens (tertiary/aromatic N) is 1. The second-order valence-electron chi connectivity index (χ2n) is 5.56. The SMILES string of the molecule is COc1ccccc1CC(=O)n1c(C(F)(F)F)cc2cc(N)ccc21. The van der Waals surface area contributed by atoms with E-state index in [1.54, 1.807) is 24.3 Å². The number of alkyl halides is 3. The van der Waals surface area contributed by atoms with Gasteiger partial charge in [0.05, 0.1) is 19.0 Å². The number of methoxy groups -OCH3 is 1. The molecule has 1 heterocycles. The number of halogens is 3. The van der Waals surface area contributed by atoms with Crippen molar-refractivity contribution in [3.63, 3.8) is 0 Å². The van der Waals surface area contributed by atoms with Crippen LogP contribution in [0.25, 0.3) is 10.9 Å². The molecule has 3 rings (SSSR count). The molecule has 0 saturated carbocycles. The minimum Gasteiger partial charge on any atom is -0.496 e. The smallest absolute Gasteiger partial charge is 0.431 e. The number of aromatic nitrogens is 1. The third-order valence-electron chi connectivity index (χ3n) is 3.90. The van der Waals surface area contributed by atoms with E-state index in [0.29, 0.717) is 21.6 Å². The molecule has 0 aliphatic carbocycles. The van der Waals surface area contributed by atoms with E-state index in [4.69, 9.17) is 10.5 Å². The van der Waals surface area contributed by atoms with Crippen molar-refractivity contribution in [3.05, 3.63) is 59.8 Å². The average Bonchev–Trinajstić information content (AvgIpc) is 2.94. The van der Waals surface area contributed by atoms with Crippen molar-refractivity contribution in [2.24, 2.45) is 0 Å². The van der Waals surface area contributed by atoms with Crippen LogP contribution in [0.5, 0.6) is 5.75 Å². The molecule has 0 aliphatic rings. The number of carbonyl (C=O) groups excluding carboxylic acids is 1. The number of benzene rings is 2. The number of nitrogens with two attached hydrogens (primary N) is 1. The van der Waals surface area contributed by atoms with Gasteiger partial charge in [0.15, 0.2) is 0 Å². The van der Waals surface area contributed by atoms with E-state index < -0.39 is 17.8 Å². The Bertz CT molecular complexity index is 945. The van der Waals surface area contributed by atoms with Gasteiger partial charge in [-0.25, -0.2) is 0 Å². The minimum absolute atomic E-state index is 0.168. The molecule has 0 saturated heterocycles. The summed E-state index contributed by atoms with van der Waals surface area (Å²) in [5.41, 5.74) is 5.63. The molecule has 130 valence electrons. The van der Waals surface area contributed by atoms with Crippen molar-refractivity contribution < 1.29 is 22.7 Å². The topological polar surface area (TPSA) is 57.2 Å². The van der Waals surface area contributed by atoms with Crippen LogP contribution in [0.4, 0.5) is 18.9 Å². The molecule has 1 aromatic heterocycles. The van der Waals surface area contributed by atoms with Gasteiger partial charge >= 0.3 is 6.18 Å². The number of fused-ring (bicyclic) bond motifs is 1. The lowest BCUT2D eigenvalue weighted by Crippen LogP contribution is -2.21. The second kappa shape index (κ2) is 6.16. The van der Waals surface area contributed by atoms with E-state index in [1.807, 2.05) is 0 Å². The van der Waals surface area contributed by atoms with Crippen molar-refractivity contribution in [1.82, 2.24) is 4.57 Å². The van der Waals surface area contributed by atoms with Crippen LogP contribution in [0, 0.1) is 0 Å².